The molecule has 2 aromatic carbocycles. The molecule has 3 N–H and O–H groups in total. The Bertz CT molecular complexity index is 1440. The minimum Gasteiger partial charge on any atom is -0.323 e. The van der Waals surface area contributed by atoms with Crippen molar-refractivity contribution in [2.24, 2.45) is 0 Å². The second kappa shape index (κ2) is 10.6. The average molecular weight is 566 g/mol. The van der Waals surface area contributed by atoms with E-state index in [4.69, 9.17) is 0 Å². The molecular formula is C24H22F3N5O4S2. The first-order valence-corrected chi connectivity index (χ1v) is 13.4. The molecule has 4 rings (SSSR count). The van der Waals surface area contributed by atoms with E-state index in [9.17, 15) is 31.2 Å². The van der Waals surface area contributed by atoms with Gasteiger partial charge < -0.3 is 5.32 Å². The summed E-state index contributed by atoms with van der Waals surface area (Å²) in [6.45, 7) is 1.53. The molecule has 14 heteroatoms. The summed E-state index contributed by atoms with van der Waals surface area (Å²) >= 11 is -0.308. The number of hydrogen-bond donors (Lipinski definition) is 3. The molecule has 1 aromatic heterocycles. The predicted octanol–water partition coefficient (Wildman–Crippen LogP) is 4.20. The zero-order valence-corrected chi connectivity index (χ0v) is 21.5. The maximum Gasteiger partial charge on any atom is 0.446 e. The summed E-state index contributed by atoms with van der Waals surface area (Å²) in [5.74, 6) is -0.647. The number of hydrogen-bond acceptors (Lipinski definition) is 6. The number of aromatic nitrogens is 1. The number of nitrogens with one attached hydrogen (secondary N) is 3. The van der Waals surface area contributed by atoms with Gasteiger partial charge >= 0.3 is 11.5 Å². The van der Waals surface area contributed by atoms with E-state index < -0.39 is 33.2 Å². The van der Waals surface area contributed by atoms with Gasteiger partial charge in [0.05, 0.1) is 17.6 Å². The first-order chi connectivity index (χ1) is 17.9. The number of amides is 3. The van der Waals surface area contributed by atoms with E-state index in [0.29, 0.717) is 5.56 Å². The van der Waals surface area contributed by atoms with Gasteiger partial charge in [0.2, 0.25) is 0 Å². The summed E-state index contributed by atoms with van der Waals surface area (Å²) in [5.41, 5.74) is -4.58. The van der Waals surface area contributed by atoms with E-state index in [1.165, 1.54) is 49.6 Å². The van der Waals surface area contributed by atoms with Crippen LogP contribution in [0, 0.1) is 0 Å². The molecule has 1 aliphatic heterocycles. The summed E-state index contributed by atoms with van der Waals surface area (Å²) in [5, 5.41) is 2.61. The van der Waals surface area contributed by atoms with E-state index in [1.54, 1.807) is 24.3 Å². The van der Waals surface area contributed by atoms with Crippen LogP contribution >= 0.6 is 11.8 Å². The van der Waals surface area contributed by atoms with E-state index in [-0.39, 0.29) is 41.0 Å². The lowest BCUT2D eigenvalue weighted by atomic mass is 9.92. The molecule has 0 spiro atoms. The average Bonchev–Trinajstić information content (AvgIpc) is 3.07. The lowest BCUT2D eigenvalue weighted by Gasteiger charge is -2.23. The number of thioether (sulfide) groups is 1. The quantitative estimate of drug-likeness (QED) is 0.264. The first kappa shape index (κ1) is 27.4. The number of alkyl halides is 3. The van der Waals surface area contributed by atoms with Gasteiger partial charge in [-0.25, -0.2) is 9.69 Å². The third-order valence-corrected chi connectivity index (χ3v) is 7.35. The summed E-state index contributed by atoms with van der Waals surface area (Å²) in [4.78, 5) is 30.7. The summed E-state index contributed by atoms with van der Waals surface area (Å²) in [6.07, 6.45) is 2.62. The Morgan fingerprint density at radius 3 is 2.39 bits per heavy atom. The number of benzene rings is 2. The molecule has 0 radical (unpaired) electrons. The number of carbonyl (C=O) groups excluding carboxylic acids is 2. The number of halogens is 3. The maximum absolute atomic E-state index is 13.3. The zero-order chi connectivity index (χ0) is 27.6. The minimum absolute atomic E-state index is 0.0489. The number of pyridine rings is 1. The summed E-state index contributed by atoms with van der Waals surface area (Å²) < 4.78 is 68.0. The number of rotatable bonds is 9. The Kier molecular flexibility index (Phi) is 7.67. The maximum atomic E-state index is 13.3. The molecule has 1 aliphatic rings. The number of imide groups is 1. The van der Waals surface area contributed by atoms with E-state index in [1.807, 2.05) is 6.07 Å². The van der Waals surface area contributed by atoms with Gasteiger partial charge in [-0.3, -0.25) is 14.5 Å². The minimum atomic E-state index is -4.47. The van der Waals surface area contributed by atoms with Gasteiger partial charge in [-0.05, 0) is 60.1 Å². The topological polar surface area (TPSA) is 120 Å². The molecule has 3 amide bonds. The van der Waals surface area contributed by atoms with Gasteiger partial charge in [0, 0.05) is 24.1 Å². The van der Waals surface area contributed by atoms with Gasteiger partial charge in [0.15, 0.2) is 0 Å². The molecule has 1 fully saturated rings. The number of urea groups is 1. The van der Waals surface area contributed by atoms with Gasteiger partial charge in [0.1, 0.15) is 5.54 Å². The van der Waals surface area contributed by atoms with Crippen LogP contribution in [0.4, 0.5) is 29.3 Å². The van der Waals surface area contributed by atoms with Crippen molar-refractivity contribution in [3.8, 4) is 0 Å². The van der Waals surface area contributed by atoms with Crippen molar-refractivity contribution >= 4 is 45.3 Å². The van der Waals surface area contributed by atoms with Crippen LogP contribution in [-0.4, -0.2) is 36.4 Å². The molecule has 1 saturated heterocycles. The van der Waals surface area contributed by atoms with Gasteiger partial charge in [0.25, 0.3) is 16.1 Å². The highest BCUT2D eigenvalue weighted by Gasteiger charge is 2.48. The molecule has 1 atom stereocenters. The molecule has 0 bridgehead atoms. The molecule has 1 unspecified atom stereocenters. The van der Waals surface area contributed by atoms with Crippen molar-refractivity contribution in [3.05, 3.63) is 84.2 Å². The highest BCUT2D eigenvalue weighted by Crippen LogP contribution is 2.38. The molecule has 2 heterocycles. The van der Waals surface area contributed by atoms with E-state index >= 15 is 0 Å². The van der Waals surface area contributed by atoms with Crippen molar-refractivity contribution in [1.82, 2.24) is 15.0 Å². The Hall–Kier alpha value is -3.62. The van der Waals surface area contributed by atoms with Crippen LogP contribution in [0.2, 0.25) is 0 Å². The van der Waals surface area contributed by atoms with E-state index in [2.05, 4.69) is 19.7 Å². The van der Waals surface area contributed by atoms with Crippen LogP contribution in [0.25, 0.3) is 0 Å². The first-order valence-electron chi connectivity index (χ1n) is 11.1. The van der Waals surface area contributed by atoms with Crippen LogP contribution in [0.5, 0.6) is 0 Å². The fourth-order valence-corrected chi connectivity index (χ4v) is 5.28. The van der Waals surface area contributed by atoms with Crippen LogP contribution in [-0.2, 0) is 28.0 Å². The molecule has 200 valence electrons. The molecule has 38 heavy (non-hydrogen) atoms. The van der Waals surface area contributed by atoms with Crippen molar-refractivity contribution in [2.45, 2.75) is 35.8 Å². The second-order valence-corrected chi connectivity index (χ2v) is 11.2. The van der Waals surface area contributed by atoms with Gasteiger partial charge in [-0.15, -0.1) is 0 Å². The summed E-state index contributed by atoms with van der Waals surface area (Å²) in [6, 6.07) is 14.5. The Morgan fingerprint density at radius 1 is 1.05 bits per heavy atom. The highest BCUT2D eigenvalue weighted by molar-refractivity contribution is 8.00. The smallest absolute Gasteiger partial charge is 0.323 e. The van der Waals surface area contributed by atoms with Crippen molar-refractivity contribution < 1.29 is 31.2 Å². The van der Waals surface area contributed by atoms with Crippen LogP contribution in [0.15, 0.2) is 78.0 Å². The second-order valence-electron chi connectivity index (χ2n) is 8.57. The Labute approximate surface area is 221 Å². The van der Waals surface area contributed by atoms with Gasteiger partial charge in [-0.2, -0.15) is 26.3 Å². The SMILES string of the molecule is CC1(Cc2ccncc2NS(=O)(=O)NCc2ccccc2)NC(=O)N(c2ccc(SC(F)(F)F)cc2)C1=O. The molecule has 0 saturated carbocycles. The third-order valence-electron chi connectivity index (χ3n) is 5.60. The normalized spacial score (nSPS) is 17.9. The summed E-state index contributed by atoms with van der Waals surface area (Å²) in [7, 11) is -4.01. The Morgan fingerprint density at radius 2 is 1.74 bits per heavy atom. The van der Waals surface area contributed by atoms with Crippen molar-refractivity contribution in [3.63, 3.8) is 0 Å². The zero-order valence-electron chi connectivity index (χ0n) is 19.8. The van der Waals surface area contributed by atoms with Crippen molar-refractivity contribution in [2.75, 3.05) is 9.62 Å². The van der Waals surface area contributed by atoms with E-state index in [0.717, 1.165) is 10.5 Å². The molecular weight excluding hydrogens is 543 g/mol. The predicted molar refractivity (Wildman–Crippen MR) is 137 cm³/mol. The molecule has 0 aliphatic carbocycles. The monoisotopic (exact) mass is 565 g/mol. The third kappa shape index (κ3) is 6.62. The fourth-order valence-electron chi connectivity index (χ4n) is 3.84. The highest BCUT2D eigenvalue weighted by atomic mass is 32.2. The van der Waals surface area contributed by atoms with Gasteiger partial charge in [-0.1, -0.05) is 30.3 Å². The van der Waals surface area contributed by atoms with Crippen LogP contribution in [0.1, 0.15) is 18.1 Å². The Balaban J connectivity index is 1.49. The van der Waals surface area contributed by atoms with Crippen LogP contribution < -0.4 is 19.7 Å². The largest absolute Gasteiger partial charge is 0.446 e. The number of anilines is 2. The number of carbonyl (C=O) groups is 2. The van der Waals surface area contributed by atoms with Crippen molar-refractivity contribution in [1.29, 1.82) is 0 Å². The fraction of sp³-hybridized carbons (Fsp3) is 0.208. The lowest BCUT2D eigenvalue weighted by Crippen LogP contribution is -2.46. The lowest BCUT2D eigenvalue weighted by molar-refractivity contribution is -0.121. The standard InChI is InChI=1S/C24H22F3N5O4S2/c1-23(21(33)32(22(34)30-23)18-7-9-19(10-8-18)37-24(25,26)27)13-17-11-12-28-15-20(17)31-38(35,36)29-14-16-5-3-2-4-6-16/h2-12,15,29,31H,13-14H2,1H3,(H,30,34). The molecule has 3 aromatic rings. The van der Waals surface area contributed by atoms with Crippen LogP contribution in [0.3, 0.4) is 0 Å². The number of nitrogens with zero attached hydrogens (tertiary/aromatic N) is 2. The molecule has 9 nitrogen and oxygen atoms in total.